The lowest BCUT2D eigenvalue weighted by molar-refractivity contribution is -0.118. The summed E-state index contributed by atoms with van der Waals surface area (Å²) in [7, 11) is 0. The van der Waals surface area contributed by atoms with Gasteiger partial charge in [0.05, 0.1) is 10.6 Å². The molecule has 0 spiro atoms. The highest BCUT2D eigenvalue weighted by atomic mass is 35.5. The second-order valence-corrected chi connectivity index (χ2v) is 4.88. The molecule has 23 heavy (non-hydrogen) atoms. The fourth-order valence-corrected chi connectivity index (χ4v) is 1.94. The van der Waals surface area contributed by atoms with Crippen molar-refractivity contribution >= 4 is 29.1 Å². The van der Waals surface area contributed by atoms with Gasteiger partial charge in [-0.25, -0.2) is 8.78 Å². The quantitative estimate of drug-likeness (QED) is 0.878. The van der Waals surface area contributed by atoms with Gasteiger partial charge in [-0.05, 0) is 30.3 Å². The Hall–Kier alpha value is -2.67. The van der Waals surface area contributed by atoms with Gasteiger partial charge in [-0.2, -0.15) is 0 Å². The predicted molar refractivity (Wildman–Crippen MR) is 80.5 cm³/mol. The number of benzene rings is 2. The molecule has 2 amide bonds. The van der Waals surface area contributed by atoms with E-state index in [2.05, 4.69) is 5.32 Å². The summed E-state index contributed by atoms with van der Waals surface area (Å²) in [5.41, 5.74) is 5.47. The van der Waals surface area contributed by atoms with Gasteiger partial charge in [-0.1, -0.05) is 11.6 Å². The number of nitrogens with two attached hydrogens (primary N) is 1. The summed E-state index contributed by atoms with van der Waals surface area (Å²) in [6.07, 6.45) is 0. The third-order valence-corrected chi connectivity index (χ3v) is 3.10. The van der Waals surface area contributed by atoms with E-state index in [1.54, 1.807) is 0 Å². The van der Waals surface area contributed by atoms with Crippen LogP contribution in [0, 0.1) is 11.6 Å². The fourth-order valence-electron chi connectivity index (χ4n) is 1.72. The van der Waals surface area contributed by atoms with Crippen molar-refractivity contribution in [3.8, 4) is 5.75 Å². The molecule has 0 bridgehead atoms. The molecule has 0 aromatic heterocycles. The van der Waals surface area contributed by atoms with Crippen molar-refractivity contribution in [2.24, 2.45) is 5.73 Å². The Bertz CT molecular complexity index is 768. The van der Waals surface area contributed by atoms with E-state index in [9.17, 15) is 18.4 Å². The summed E-state index contributed by atoms with van der Waals surface area (Å²) in [6, 6.07) is 6.90. The van der Waals surface area contributed by atoms with Crippen molar-refractivity contribution in [3.63, 3.8) is 0 Å². The molecule has 5 nitrogen and oxygen atoms in total. The molecule has 0 saturated carbocycles. The van der Waals surface area contributed by atoms with E-state index in [0.29, 0.717) is 6.07 Å². The Morgan fingerprint density at radius 1 is 1.17 bits per heavy atom. The van der Waals surface area contributed by atoms with Crippen LogP contribution in [0.4, 0.5) is 14.5 Å². The van der Waals surface area contributed by atoms with Crippen molar-refractivity contribution in [2.45, 2.75) is 0 Å². The number of carbonyl (C=O) groups is 2. The van der Waals surface area contributed by atoms with Gasteiger partial charge in [0.15, 0.2) is 18.2 Å². The fraction of sp³-hybridized carbons (Fsp3) is 0.0667. The molecular weight excluding hydrogens is 330 g/mol. The van der Waals surface area contributed by atoms with Crippen molar-refractivity contribution in [1.29, 1.82) is 0 Å². The van der Waals surface area contributed by atoms with Gasteiger partial charge in [0.2, 0.25) is 5.91 Å². The minimum absolute atomic E-state index is 0.0509. The van der Waals surface area contributed by atoms with Crippen LogP contribution in [0.1, 0.15) is 10.4 Å². The van der Waals surface area contributed by atoms with E-state index in [0.717, 1.165) is 12.1 Å². The molecule has 3 N–H and O–H groups in total. The van der Waals surface area contributed by atoms with Gasteiger partial charge >= 0.3 is 0 Å². The Morgan fingerprint density at radius 3 is 2.57 bits per heavy atom. The van der Waals surface area contributed by atoms with Crippen LogP contribution in [0.3, 0.4) is 0 Å². The highest BCUT2D eigenvalue weighted by Gasteiger charge is 2.11. The maximum absolute atomic E-state index is 13.4. The summed E-state index contributed by atoms with van der Waals surface area (Å²) in [4.78, 5) is 22.9. The lowest BCUT2D eigenvalue weighted by Gasteiger charge is -2.09. The predicted octanol–water partition coefficient (Wildman–Crippen LogP) is 2.73. The highest BCUT2D eigenvalue weighted by Crippen LogP contribution is 2.20. The van der Waals surface area contributed by atoms with E-state index in [1.807, 2.05) is 0 Å². The summed E-state index contributed by atoms with van der Waals surface area (Å²) in [5.74, 6) is -3.27. The average Bonchev–Trinajstić information content (AvgIpc) is 2.48. The highest BCUT2D eigenvalue weighted by molar-refractivity contribution is 6.33. The largest absolute Gasteiger partial charge is 0.481 e. The molecule has 0 atom stereocenters. The zero-order valence-corrected chi connectivity index (χ0v) is 12.4. The van der Waals surface area contributed by atoms with Gasteiger partial charge < -0.3 is 15.8 Å². The lowest BCUT2D eigenvalue weighted by Crippen LogP contribution is -2.21. The topological polar surface area (TPSA) is 81.4 Å². The van der Waals surface area contributed by atoms with Crippen molar-refractivity contribution in [2.75, 3.05) is 11.9 Å². The molecule has 8 heteroatoms. The van der Waals surface area contributed by atoms with Gasteiger partial charge in [0, 0.05) is 11.8 Å². The Labute approximate surface area is 135 Å². The first-order chi connectivity index (χ1) is 10.9. The average molecular weight is 341 g/mol. The van der Waals surface area contributed by atoms with Gasteiger partial charge in [-0.3, -0.25) is 9.59 Å². The second-order valence-electron chi connectivity index (χ2n) is 4.47. The minimum atomic E-state index is -0.916. The summed E-state index contributed by atoms with van der Waals surface area (Å²) in [5, 5.41) is 2.59. The number of ether oxygens (including phenoxy) is 1. The first kappa shape index (κ1) is 16.7. The zero-order valence-electron chi connectivity index (χ0n) is 11.6. The Balaban J connectivity index is 2.00. The second kappa shape index (κ2) is 7.06. The Morgan fingerprint density at radius 2 is 1.91 bits per heavy atom. The maximum atomic E-state index is 13.4. The molecule has 0 unspecified atom stereocenters. The van der Waals surface area contributed by atoms with E-state index < -0.39 is 30.1 Å². The number of nitrogens with one attached hydrogen (secondary N) is 1. The van der Waals surface area contributed by atoms with E-state index in [-0.39, 0.29) is 22.0 Å². The van der Waals surface area contributed by atoms with E-state index in [4.69, 9.17) is 22.1 Å². The molecule has 0 aliphatic rings. The van der Waals surface area contributed by atoms with Gasteiger partial charge in [0.25, 0.3) is 5.91 Å². The lowest BCUT2D eigenvalue weighted by atomic mass is 10.2. The molecule has 120 valence electrons. The molecule has 2 aromatic rings. The first-order valence-corrected chi connectivity index (χ1v) is 6.71. The summed E-state index contributed by atoms with van der Waals surface area (Å²) < 4.78 is 31.1. The number of anilines is 1. The zero-order chi connectivity index (χ0) is 17.0. The monoisotopic (exact) mass is 340 g/mol. The number of rotatable bonds is 5. The minimum Gasteiger partial charge on any atom is -0.481 e. The van der Waals surface area contributed by atoms with Gasteiger partial charge in [-0.15, -0.1) is 0 Å². The third-order valence-electron chi connectivity index (χ3n) is 2.77. The van der Waals surface area contributed by atoms with Crippen LogP contribution in [0.25, 0.3) is 0 Å². The summed E-state index contributed by atoms with van der Waals surface area (Å²) >= 11 is 5.79. The first-order valence-electron chi connectivity index (χ1n) is 6.34. The number of amides is 2. The number of hydrogen-bond donors (Lipinski definition) is 2. The number of carbonyl (C=O) groups excluding carboxylic acids is 2. The molecule has 0 aliphatic heterocycles. The number of hydrogen-bond acceptors (Lipinski definition) is 3. The maximum Gasteiger partial charge on any atom is 0.262 e. The van der Waals surface area contributed by atoms with Crippen LogP contribution >= 0.6 is 11.6 Å². The third kappa shape index (κ3) is 4.40. The number of halogens is 3. The van der Waals surface area contributed by atoms with Crippen LogP contribution in [-0.4, -0.2) is 18.4 Å². The molecule has 0 aliphatic carbocycles. The van der Waals surface area contributed by atoms with Crippen molar-refractivity contribution < 1.29 is 23.1 Å². The van der Waals surface area contributed by atoms with E-state index in [1.165, 1.54) is 18.2 Å². The molecule has 2 rings (SSSR count). The normalized spacial score (nSPS) is 10.2. The van der Waals surface area contributed by atoms with Crippen molar-refractivity contribution in [3.05, 3.63) is 58.6 Å². The standard InChI is InChI=1S/C15H11ClF2N2O3/c16-11-3-2-9(6-10(11)15(19)22)20-14(21)7-23-13-4-1-8(17)5-12(13)18/h1-6H,7H2,(H2,19,22)(H,20,21). The Kier molecular flexibility index (Phi) is 5.13. The molecule has 2 aromatic carbocycles. The van der Waals surface area contributed by atoms with Crippen LogP contribution < -0.4 is 15.8 Å². The van der Waals surface area contributed by atoms with Crippen LogP contribution in [-0.2, 0) is 4.79 Å². The van der Waals surface area contributed by atoms with Crippen LogP contribution in [0.2, 0.25) is 5.02 Å². The van der Waals surface area contributed by atoms with Gasteiger partial charge in [0.1, 0.15) is 5.82 Å². The van der Waals surface area contributed by atoms with Crippen molar-refractivity contribution in [1.82, 2.24) is 0 Å². The molecule has 0 radical (unpaired) electrons. The molecule has 0 fully saturated rings. The number of primary amides is 1. The van der Waals surface area contributed by atoms with Crippen LogP contribution in [0.5, 0.6) is 5.75 Å². The molecular formula is C15H11ClF2N2O3. The smallest absolute Gasteiger partial charge is 0.262 e. The SMILES string of the molecule is NC(=O)c1cc(NC(=O)COc2ccc(F)cc2F)ccc1Cl. The summed E-state index contributed by atoms with van der Waals surface area (Å²) in [6.45, 7) is -0.503. The molecule has 0 saturated heterocycles. The van der Waals surface area contributed by atoms with Crippen LogP contribution in [0.15, 0.2) is 36.4 Å². The molecule has 0 heterocycles. The van der Waals surface area contributed by atoms with E-state index >= 15 is 0 Å².